The second-order valence-electron chi connectivity index (χ2n) is 6.87. The molecule has 0 aliphatic heterocycles. The smallest absolute Gasteiger partial charge is 0.0175 e. The molecule has 2 heteroatoms. The number of benzene rings is 1. The first-order valence-corrected chi connectivity index (χ1v) is 8.82. The minimum atomic E-state index is 0.384. The van der Waals surface area contributed by atoms with E-state index in [0.717, 1.165) is 24.9 Å². The van der Waals surface area contributed by atoms with Crippen LogP contribution in [-0.4, -0.2) is 13.1 Å². The summed E-state index contributed by atoms with van der Waals surface area (Å²) >= 11 is 3.54. The van der Waals surface area contributed by atoms with Crippen LogP contribution in [-0.2, 0) is 5.41 Å². The molecule has 0 aromatic heterocycles. The standard InChI is InChI=1S/C18H28BrN/c1-4-5-15-10-18(11-15,13-20-12-14(2)3)16-6-8-17(19)9-7-16/h6-9,14-15,20H,4-5,10-13H2,1-3H3. The molecule has 1 aromatic rings. The Bertz CT molecular complexity index is 404. The molecule has 2 rings (SSSR count). The van der Waals surface area contributed by atoms with Crippen molar-refractivity contribution in [3.63, 3.8) is 0 Å². The maximum absolute atomic E-state index is 3.69. The van der Waals surface area contributed by atoms with E-state index in [1.165, 1.54) is 35.7 Å². The summed E-state index contributed by atoms with van der Waals surface area (Å²) in [5.41, 5.74) is 1.90. The van der Waals surface area contributed by atoms with Gasteiger partial charge >= 0.3 is 0 Å². The maximum atomic E-state index is 3.69. The Hall–Kier alpha value is -0.340. The Morgan fingerprint density at radius 3 is 2.45 bits per heavy atom. The molecule has 0 unspecified atom stereocenters. The summed E-state index contributed by atoms with van der Waals surface area (Å²) in [4.78, 5) is 0. The lowest BCUT2D eigenvalue weighted by atomic mass is 9.57. The SMILES string of the molecule is CCCC1CC(CNCC(C)C)(c2ccc(Br)cc2)C1. The van der Waals surface area contributed by atoms with Gasteiger partial charge in [0.25, 0.3) is 0 Å². The summed E-state index contributed by atoms with van der Waals surface area (Å²) in [7, 11) is 0. The lowest BCUT2D eigenvalue weighted by molar-refractivity contribution is 0.128. The minimum absolute atomic E-state index is 0.384. The van der Waals surface area contributed by atoms with Gasteiger partial charge < -0.3 is 5.32 Å². The van der Waals surface area contributed by atoms with Crippen LogP contribution in [0.5, 0.6) is 0 Å². The highest BCUT2D eigenvalue weighted by atomic mass is 79.9. The predicted molar refractivity (Wildman–Crippen MR) is 91.2 cm³/mol. The summed E-state index contributed by atoms with van der Waals surface area (Å²) in [6, 6.07) is 8.99. The number of rotatable bonds is 7. The second-order valence-corrected chi connectivity index (χ2v) is 7.79. The number of hydrogen-bond acceptors (Lipinski definition) is 1. The lowest BCUT2D eigenvalue weighted by Gasteiger charge is -2.49. The quantitative estimate of drug-likeness (QED) is 0.726. The van der Waals surface area contributed by atoms with Crippen LogP contribution in [0.15, 0.2) is 28.7 Å². The van der Waals surface area contributed by atoms with Gasteiger partial charge in [0.15, 0.2) is 0 Å². The summed E-state index contributed by atoms with van der Waals surface area (Å²) < 4.78 is 1.18. The summed E-state index contributed by atoms with van der Waals surface area (Å²) in [5, 5.41) is 3.69. The topological polar surface area (TPSA) is 12.0 Å². The molecule has 1 N–H and O–H groups in total. The van der Waals surface area contributed by atoms with Gasteiger partial charge in [0.1, 0.15) is 0 Å². The number of halogens is 1. The molecule has 1 aliphatic carbocycles. The van der Waals surface area contributed by atoms with Crippen LogP contribution in [0.2, 0.25) is 0 Å². The molecular formula is C18H28BrN. The van der Waals surface area contributed by atoms with Gasteiger partial charge in [0, 0.05) is 16.4 Å². The molecule has 0 saturated heterocycles. The second kappa shape index (κ2) is 7.09. The molecule has 0 heterocycles. The molecule has 1 aromatic carbocycles. The van der Waals surface area contributed by atoms with Crippen molar-refractivity contribution >= 4 is 15.9 Å². The summed E-state index contributed by atoms with van der Waals surface area (Å²) in [6.45, 7) is 9.11. The van der Waals surface area contributed by atoms with Crippen LogP contribution in [0.4, 0.5) is 0 Å². The molecule has 0 amide bonds. The maximum Gasteiger partial charge on any atom is 0.0175 e. The number of hydrogen-bond donors (Lipinski definition) is 1. The fraction of sp³-hybridized carbons (Fsp3) is 0.667. The first kappa shape index (κ1) is 16.0. The molecule has 0 radical (unpaired) electrons. The van der Waals surface area contributed by atoms with E-state index < -0.39 is 0 Å². The largest absolute Gasteiger partial charge is 0.316 e. The molecule has 0 spiro atoms. The molecule has 1 nitrogen and oxygen atoms in total. The van der Waals surface area contributed by atoms with Crippen molar-refractivity contribution in [2.45, 2.75) is 51.9 Å². The molecule has 112 valence electrons. The van der Waals surface area contributed by atoms with E-state index in [4.69, 9.17) is 0 Å². The van der Waals surface area contributed by atoms with E-state index in [-0.39, 0.29) is 0 Å². The average Bonchev–Trinajstić information content (AvgIpc) is 2.36. The molecule has 0 bridgehead atoms. The van der Waals surface area contributed by atoms with Gasteiger partial charge in [-0.25, -0.2) is 0 Å². The summed E-state index contributed by atoms with van der Waals surface area (Å²) in [6.07, 6.45) is 5.42. The average molecular weight is 338 g/mol. The Morgan fingerprint density at radius 1 is 1.25 bits per heavy atom. The first-order chi connectivity index (χ1) is 9.55. The molecule has 1 saturated carbocycles. The van der Waals surface area contributed by atoms with Crippen LogP contribution < -0.4 is 5.32 Å². The molecule has 0 atom stereocenters. The van der Waals surface area contributed by atoms with E-state index in [1.54, 1.807) is 0 Å². The van der Waals surface area contributed by atoms with Gasteiger partial charge in [0.05, 0.1) is 0 Å². The van der Waals surface area contributed by atoms with Crippen LogP contribution >= 0.6 is 15.9 Å². The van der Waals surface area contributed by atoms with Crippen LogP contribution in [0.25, 0.3) is 0 Å². The van der Waals surface area contributed by atoms with E-state index in [2.05, 4.69) is 66.3 Å². The molecule has 1 aliphatic rings. The Labute approximate surface area is 132 Å². The fourth-order valence-corrected chi connectivity index (χ4v) is 3.81. The fourth-order valence-electron chi connectivity index (χ4n) is 3.54. The van der Waals surface area contributed by atoms with Gasteiger partial charge in [-0.3, -0.25) is 0 Å². The highest BCUT2D eigenvalue weighted by molar-refractivity contribution is 9.10. The lowest BCUT2D eigenvalue weighted by Crippen LogP contribution is -2.49. The van der Waals surface area contributed by atoms with E-state index in [1.807, 2.05) is 0 Å². The van der Waals surface area contributed by atoms with E-state index in [0.29, 0.717) is 5.41 Å². The van der Waals surface area contributed by atoms with Crippen molar-refractivity contribution in [2.24, 2.45) is 11.8 Å². The normalized spacial score (nSPS) is 25.8. The van der Waals surface area contributed by atoms with Crippen molar-refractivity contribution in [1.29, 1.82) is 0 Å². The Kier molecular flexibility index (Phi) is 5.68. The number of nitrogens with one attached hydrogen (secondary N) is 1. The monoisotopic (exact) mass is 337 g/mol. The zero-order valence-corrected chi connectivity index (χ0v) is 14.7. The van der Waals surface area contributed by atoms with Crippen molar-refractivity contribution < 1.29 is 0 Å². The highest BCUT2D eigenvalue weighted by Crippen LogP contribution is 2.49. The van der Waals surface area contributed by atoms with Crippen molar-refractivity contribution in [2.75, 3.05) is 13.1 Å². The van der Waals surface area contributed by atoms with Crippen LogP contribution in [0, 0.1) is 11.8 Å². The molecule has 20 heavy (non-hydrogen) atoms. The predicted octanol–water partition coefficient (Wildman–Crippen LogP) is 5.14. The van der Waals surface area contributed by atoms with Crippen LogP contribution in [0.3, 0.4) is 0 Å². The van der Waals surface area contributed by atoms with Crippen molar-refractivity contribution in [3.8, 4) is 0 Å². The van der Waals surface area contributed by atoms with Crippen LogP contribution in [0.1, 0.15) is 52.0 Å². The zero-order chi connectivity index (χ0) is 14.6. The van der Waals surface area contributed by atoms with E-state index >= 15 is 0 Å². The third kappa shape index (κ3) is 3.85. The van der Waals surface area contributed by atoms with Gasteiger partial charge in [-0.15, -0.1) is 0 Å². The van der Waals surface area contributed by atoms with Gasteiger partial charge in [-0.2, -0.15) is 0 Å². The third-order valence-corrected chi connectivity index (χ3v) is 5.06. The van der Waals surface area contributed by atoms with Crippen molar-refractivity contribution in [1.82, 2.24) is 5.32 Å². The Balaban J connectivity index is 2.03. The molecule has 1 fully saturated rings. The third-order valence-electron chi connectivity index (χ3n) is 4.53. The van der Waals surface area contributed by atoms with Crippen molar-refractivity contribution in [3.05, 3.63) is 34.3 Å². The molecular weight excluding hydrogens is 310 g/mol. The highest BCUT2D eigenvalue weighted by Gasteiger charge is 2.44. The Morgan fingerprint density at radius 2 is 1.90 bits per heavy atom. The van der Waals surface area contributed by atoms with E-state index in [9.17, 15) is 0 Å². The summed E-state index contributed by atoms with van der Waals surface area (Å²) in [5.74, 6) is 1.66. The van der Waals surface area contributed by atoms with Gasteiger partial charge in [-0.05, 0) is 48.9 Å². The minimum Gasteiger partial charge on any atom is -0.316 e. The van der Waals surface area contributed by atoms with Gasteiger partial charge in [0.2, 0.25) is 0 Å². The zero-order valence-electron chi connectivity index (χ0n) is 13.1. The first-order valence-electron chi connectivity index (χ1n) is 8.02. The van der Waals surface area contributed by atoms with Gasteiger partial charge in [-0.1, -0.05) is 61.7 Å².